The number of amides is 1. The second kappa shape index (κ2) is 5.73. The SMILES string of the molecule is O=C1CC(C(=O)Nc2nc3ccc(-c4cc(F)ccc4F)cn3n2)C1. The summed E-state index contributed by atoms with van der Waals surface area (Å²) in [7, 11) is 0. The van der Waals surface area contributed by atoms with Crippen LogP contribution in [0.15, 0.2) is 36.5 Å². The smallest absolute Gasteiger partial charge is 0.249 e. The first kappa shape index (κ1) is 15.4. The lowest BCUT2D eigenvalue weighted by Gasteiger charge is -2.21. The third kappa shape index (κ3) is 2.86. The van der Waals surface area contributed by atoms with E-state index >= 15 is 0 Å². The van der Waals surface area contributed by atoms with E-state index in [1.165, 1.54) is 10.7 Å². The summed E-state index contributed by atoms with van der Waals surface area (Å²) in [5.41, 5.74) is 0.980. The van der Waals surface area contributed by atoms with Crippen molar-refractivity contribution in [1.82, 2.24) is 14.6 Å². The summed E-state index contributed by atoms with van der Waals surface area (Å²) in [5, 5.41) is 6.69. The molecule has 0 spiro atoms. The largest absolute Gasteiger partial charge is 0.300 e. The summed E-state index contributed by atoms with van der Waals surface area (Å²) in [6.07, 6.45) is 1.98. The molecule has 1 amide bonds. The second-order valence-electron chi connectivity index (χ2n) is 5.91. The Balaban J connectivity index is 1.62. The van der Waals surface area contributed by atoms with E-state index in [0.717, 1.165) is 18.2 Å². The van der Waals surface area contributed by atoms with Crippen molar-refractivity contribution in [3.8, 4) is 11.1 Å². The van der Waals surface area contributed by atoms with E-state index in [1.54, 1.807) is 12.1 Å². The standard InChI is InChI=1S/C17H12F2N4O2/c18-11-2-3-14(19)13(7-11)9-1-4-15-20-17(22-23(15)8-9)21-16(25)10-5-12(24)6-10/h1-4,7-8,10H,5-6H2,(H,21,22,25). The van der Waals surface area contributed by atoms with Crippen molar-refractivity contribution in [2.24, 2.45) is 5.92 Å². The molecule has 2 aromatic heterocycles. The highest BCUT2D eigenvalue weighted by Crippen LogP contribution is 2.25. The topological polar surface area (TPSA) is 76.4 Å². The minimum absolute atomic E-state index is 0.0601. The average molecular weight is 342 g/mol. The minimum atomic E-state index is -0.552. The number of aromatic nitrogens is 3. The lowest BCUT2D eigenvalue weighted by molar-refractivity contribution is -0.135. The molecule has 0 bridgehead atoms. The first-order valence-corrected chi connectivity index (χ1v) is 7.64. The zero-order chi connectivity index (χ0) is 17.6. The van der Waals surface area contributed by atoms with E-state index in [2.05, 4.69) is 15.4 Å². The normalized spacial score (nSPS) is 14.6. The third-order valence-corrected chi connectivity index (χ3v) is 4.12. The van der Waals surface area contributed by atoms with Gasteiger partial charge in [0, 0.05) is 30.2 Å². The van der Waals surface area contributed by atoms with Gasteiger partial charge in [-0.1, -0.05) is 0 Å². The highest BCUT2D eigenvalue weighted by molar-refractivity contribution is 6.01. The summed E-state index contributed by atoms with van der Waals surface area (Å²) in [6.45, 7) is 0. The molecule has 126 valence electrons. The number of hydrogen-bond acceptors (Lipinski definition) is 4. The first-order chi connectivity index (χ1) is 12.0. The van der Waals surface area contributed by atoms with Gasteiger partial charge >= 0.3 is 0 Å². The Morgan fingerprint density at radius 3 is 2.76 bits per heavy atom. The molecule has 3 aromatic rings. The molecule has 1 aliphatic rings. The number of nitrogens with zero attached hydrogens (tertiary/aromatic N) is 3. The number of pyridine rings is 1. The van der Waals surface area contributed by atoms with Crippen molar-refractivity contribution in [2.75, 3.05) is 5.32 Å². The summed E-state index contributed by atoms with van der Waals surface area (Å²) >= 11 is 0. The number of Topliss-reactive ketones (excluding diaryl/α,β-unsaturated/α-hetero) is 1. The van der Waals surface area contributed by atoms with Gasteiger partial charge in [0.15, 0.2) is 5.65 Å². The van der Waals surface area contributed by atoms with Gasteiger partial charge in [-0.05, 0) is 30.3 Å². The van der Waals surface area contributed by atoms with Crippen LogP contribution in [-0.4, -0.2) is 26.3 Å². The van der Waals surface area contributed by atoms with E-state index in [9.17, 15) is 18.4 Å². The van der Waals surface area contributed by atoms with Gasteiger partial charge in [0.2, 0.25) is 11.9 Å². The van der Waals surface area contributed by atoms with Crippen molar-refractivity contribution in [3.05, 3.63) is 48.2 Å². The van der Waals surface area contributed by atoms with E-state index in [1.807, 2.05) is 0 Å². The van der Waals surface area contributed by atoms with E-state index in [4.69, 9.17) is 0 Å². The zero-order valence-corrected chi connectivity index (χ0v) is 12.9. The van der Waals surface area contributed by atoms with E-state index < -0.39 is 11.6 Å². The number of nitrogens with one attached hydrogen (secondary N) is 1. The fraction of sp³-hybridized carbons (Fsp3) is 0.176. The lowest BCUT2D eigenvalue weighted by atomic mass is 9.83. The van der Waals surface area contributed by atoms with Gasteiger partial charge in [0.25, 0.3) is 0 Å². The maximum absolute atomic E-state index is 13.9. The van der Waals surface area contributed by atoms with Crippen molar-refractivity contribution < 1.29 is 18.4 Å². The highest BCUT2D eigenvalue weighted by atomic mass is 19.1. The van der Waals surface area contributed by atoms with Gasteiger partial charge in [-0.2, -0.15) is 4.98 Å². The van der Waals surface area contributed by atoms with Crippen LogP contribution in [0.2, 0.25) is 0 Å². The molecule has 1 aliphatic carbocycles. The van der Waals surface area contributed by atoms with Crippen LogP contribution in [0, 0.1) is 17.6 Å². The third-order valence-electron chi connectivity index (χ3n) is 4.12. The molecule has 25 heavy (non-hydrogen) atoms. The van der Waals surface area contributed by atoms with Crippen LogP contribution in [0.3, 0.4) is 0 Å². The first-order valence-electron chi connectivity index (χ1n) is 7.64. The van der Waals surface area contributed by atoms with Crippen LogP contribution in [0.4, 0.5) is 14.7 Å². The van der Waals surface area contributed by atoms with Crippen LogP contribution >= 0.6 is 0 Å². The Morgan fingerprint density at radius 1 is 1.20 bits per heavy atom. The van der Waals surface area contributed by atoms with Gasteiger partial charge in [-0.3, -0.25) is 14.9 Å². The number of carbonyl (C=O) groups excluding carboxylic acids is 2. The second-order valence-corrected chi connectivity index (χ2v) is 5.91. The van der Waals surface area contributed by atoms with Gasteiger partial charge in [-0.15, -0.1) is 5.10 Å². The number of rotatable bonds is 3. The molecule has 1 N–H and O–H groups in total. The molecule has 1 fully saturated rings. The Morgan fingerprint density at radius 2 is 2.00 bits per heavy atom. The summed E-state index contributed by atoms with van der Waals surface area (Å²) in [5.74, 6) is -1.57. The summed E-state index contributed by atoms with van der Waals surface area (Å²) in [6, 6.07) is 6.39. The van der Waals surface area contributed by atoms with Gasteiger partial charge < -0.3 is 0 Å². The fourth-order valence-corrected chi connectivity index (χ4v) is 2.70. The average Bonchev–Trinajstić information content (AvgIpc) is 2.95. The van der Waals surface area contributed by atoms with Crippen LogP contribution < -0.4 is 5.32 Å². The molecule has 0 atom stereocenters. The molecular formula is C17H12F2N4O2. The quantitative estimate of drug-likeness (QED) is 0.794. The summed E-state index contributed by atoms with van der Waals surface area (Å²) in [4.78, 5) is 27.1. The maximum atomic E-state index is 13.9. The number of hydrogen-bond donors (Lipinski definition) is 1. The van der Waals surface area contributed by atoms with Crippen molar-refractivity contribution in [2.45, 2.75) is 12.8 Å². The molecule has 0 unspecified atom stereocenters. The number of halogens is 2. The minimum Gasteiger partial charge on any atom is -0.300 e. The predicted octanol–water partition coefficient (Wildman–Crippen LogP) is 2.59. The summed E-state index contributed by atoms with van der Waals surface area (Å²) < 4.78 is 28.6. The number of ketones is 1. The monoisotopic (exact) mass is 342 g/mol. The highest BCUT2D eigenvalue weighted by Gasteiger charge is 2.33. The van der Waals surface area contributed by atoms with E-state index in [-0.39, 0.29) is 42.0 Å². The molecule has 4 rings (SSSR count). The van der Waals surface area contributed by atoms with Crippen molar-refractivity contribution in [3.63, 3.8) is 0 Å². The van der Waals surface area contributed by atoms with Gasteiger partial charge in [-0.25, -0.2) is 13.3 Å². The molecule has 0 radical (unpaired) electrons. The fourth-order valence-electron chi connectivity index (χ4n) is 2.70. The van der Waals surface area contributed by atoms with Gasteiger partial charge in [0.1, 0.15) is 17.4 Å². The predicted molar refractivity (Wildman–Crippen MR) is 84.7 cm³/mol. The van der Waals surface area contributed by atoms with Gasteiger partial charge in [0.05, 0.1) is 5.92 Å². The molecule has 8 heteroatoms. The molecule has 6 nitrogen and oxygen atoms in total. The van der Waals surface area contributed by atoms with Crippen LogP contribution in [0.1, 0.15) is 12.8 Å². The molecular weight excluding hydrogens is 330 g/mol. The van der Waals surface area contributed by atoms with Crippen LogP contribution in [0.5, 0.6) is 0 Å². The Labute approximate surface area is 140 Å². The van der Waals surface area contributed by atoms with Crippen LogP contribution in [0.25, 0.3) is 16.8 Å². The lowest BCUT2D eigenvalue weighted by Crippen LogP contribution is -2.34. The molecule has 0 aliphatic heterocycles. The Kier molecular flexibility index (Phi) is 3.52. The molecule has 1 aromatic carbocycles. The zero-order valence-electron chi connectivity index (χ0n) is 12.9. The Hall–Kier alpha value is -3.16. The number of benzene rings is 1. The molecule has 0 saturated heterocycles. The molecule has 2 heterocycles. The number of fused-ring (bicyclic) bond motifs is 1. The number of carbonyl (C=O) groups is 2. The number of anilines is 1. The van der Waals surface area contributed by atoms with E-state index in [0.29, 0.717) is 11.2 Å². The van der Waals surface area contributed by atoms with Crippen molar-refractivity contribution in [1.29, 1.82) is 0 Å². The Bertz CT molecular complexity index is 1010. The van der Waals surface area contributed by atoms with Crippen molar-refractivity contribution >= 4 is 23.3 Å². The van der Waals surface area contributed by atoms with Crippen LogP contribution in [-0.2, 0) is 9.59 Å². The molecule has 1 saturated carbocycles. The maximum Gasteiger partial charge on any atom is 0.249 e.